The van der Waals surface area contributed by atoms with Gasteiger partial charge in [-0.05, 0) is 18.2 Å². The van der Waals surface area contributed by atoms with E-state index in [0.29, 0.717) is 20.8 Å². The lowest BCUT2D eigenvalue weighted by molar-refractivity contribution is 0.377. The number of halogens is 3. The molecule has 0 atom stereocenters. The van der Waals surface area contributed by atoms with Crippen LogP contribution in [0.4, 0.5) is 0 Å². The molecule has 0 radical (unpaired) electrons. The van der Waals surface area contributed by atoms with Crippen LogP contribution in [0.5, 0.6) is 11.5 Å². The number of phenols is 1. The summed E-state index contributed by atoms with van der Waals surface area (Å²) in [5.74, 6) is 0.0934. The van der Waals surface area contributed by atoms with Crippen LogP contribution >= 0.6 is 34.8 Å². The first-order valence-electron chi connectivity index (χ1n) is 4.39. The topological polar surface area (TPSA) is 29.5 Å². The molecular weight excluding hydrogens is 270 g/mol. The molecule has 0 unspecified atom stereocenters. The highest BCUT2D eigenvalue weighted by atomic mass is 35.5. The summed E-state index contributed by atoms with van der Waals surface area (Å²) in [4.78, 5) is 0. The first-order valence-corrected chi connectivity index (χ1v) is 5.52. The summed E-state index contributed by atoms with van der Waals surface area (Å²) in [6.45, 7) is 0. The molecule has 0 amide bonds. The molecule has 2 aromatic carbocycles. The number of hydrogen-bond donors (Lipinski definition) is 1. The average molecular weight is 278 g/mol. The Morgan fingerprint density at radius 2 is 1.69 bits per heavy atom. The van der Waals surface area contributed by atoms with Crippen molar-refractivity contribution in [3.8, 4) is 11.5 Å². The minimum Gasteiger partial charge on any atom is -0.504 e. The van der Waals surface area contributed by atoms with Crippen molar-refractivity contribution in [2.45, 2.75) is 0 Å². The second kappa shape index (κ2) is 4.21. The van der Waals surface area contributed by atoms with Crippen LogP contribution in [0.2, 0.25) is 15.1 Å². The molecule has 5 heteroatoms. The van der Waals surface area contributed by atoms with Crippen molar-refractivity contribution < 1.29 is 9.84 Å². The fourth-order valence-electron chi connectivity index (χ4n) is 1.56. The highest BCUT2D eigenvalue weighted by Gasteiger charge is 2.16. The van der Waals surface area contributed by atoms with Crippen molar-refractivity contribution in [2.75, 3.05) is 7.11 Å². The van der Waals surface area contributed by atoms with Gasteiger partial charge in [-0.3, -0.25) is 0 Å². The van der Waals surface area contributed by atoms with Gasteiger partial charge in [0.25, 0.3) is 0 Å². The van der Waals surface area contributed by atoms with E-state index < -0.39 is 0 Å². The SMILES string of the molecule is COc1c(Cl)cc2c(Cl)ccc(Cl)c2c1O. The third-order valence-corrected chi connectivity index (χ3v) is 3.21. The predicted octanol–water partition coefficient (Wildman–Crippen LogP) is 4.51. The third-order valence-electron chi connectivity index (χ3n) is 2.29. The molecule has 2 nitrogen and oxygen atoms in total. The van der Waals surface area contributed by atoms with Gasteiger partial charge in [0, 0.05) is 15.8 Å². The Hall–Kier alpha value is -0.830. The minimum absolute atomic E-state index is 0.0995. The van der Waals surface area contributed by atoms with Crippen LogP contribution in [0, 0.1) is 0 Å². The van der Waals surface area contributed by atoms with Gasteiger partial charge in [-0.15, -0.1) is 0 Å². The normalized spacial score (nSPS) is 10.8. The van der Waals surface area contributed by atoms with Gasteiger partial charge in [-0.1, -0.05) is 34.8 Å². The maximum absolute atomic E-state index is 9.98. The zero-order valence-electron chi connectivity index (χ0n) is 8.22. The summed E-state index contributed by atoms with van der Waals surface area (Å²) in [6.07, 6.45) is 0. The molecule has 0 aliphatic rings. The maximum atomic E-state index is 9.98. The Labute approximate surface area is 107 Å². The van der Waals surface area contributed by atoms with Gasteiger partial charge < -0.3 is 9.84 Å². The molecule has 0 aliphatic carbocycles. The lowest BCUT2D eigenvalue weighted by atomic mass is 10.1. The molecule has 16 heavy (non-hydrogen) atoms. The summed E-state index contributed by atoms with van der Waals surface area (Å²) >= 11 is 17.9. The molecule has 0 fully saturated rings. The van der Waals surface area contributed by atoms with E-state index in [2.05, 4.69) is 0 Å². The summed E-state index contributed by atoms with van der Waals surface area (Å²) in [7, 11) is 1.42. The molecule has 0 aromatic heterocycles. The molecule has 1 N–H and O–H groups in total. The van der Waals surface area contributed by atoms with Crippen LogP contribution in [0.25, 0.3) is 10.8 Å². The number of aromatic hydroxyl groups is 1. The first-order chi connectivity index (χ1) is 7.56. The van der Waals surface area contributed by atoms with E-state index in [1.165, 1.54) is 7.11 Å². The Morgan fingerprint density at radius 3 is 2.31 bits per heavy atom. The smallest absolute Gasteiger partial charge is 0.179 e. The first kappa shape index (κ1) is 11.6. The van der Waals surface area contributed by atoms with Crippen LogP contribution < -0.4 is 4.74 Å². The van der Waals surface area contributed by atoms with Gasteiger partial charge >= 0.3 is 0 Å². The Balaban J connectivity index is 2.98. The Morgan fingerprint density at radius 1 is 1.06 bits per heavy atom. The second-order valence-corrected chi connectivity index (χ2v) is 4.41. The number of phenolic OH excluding ortho intramolecular Hbond substituents is 1. The molecule has 0 saturated heterocycles. The lowest BCUT2D eigenvalue weighted by Crippen LogP contribution is -1.87. The number of benzene rings is 2. The molecule has 84 valence electrons. The molecule has 0 aliphatic heterocycles. The summed E-state index contributed by atoms with van der Waals surface area (Å²) in [5, 5.41) is 12.2. The highest BCUT2D eigenvalue weighted by molar-refractivity contribution is 6.42. The second-order valence-electron chi connectivity index (χ2n) is 3.19. The molecule has 2 aromatic rings. The summed E-state index contributed by atoms with van der Waals surface area (Å²) < 4.78 is 5.00. The zero-order valence-corrected chi connectivity index (χ0v) is 10.5. The lowest BCUT2D eigenvalue weighted by Gasteiger charge is -2.11. The van der Waals surface area contributed by atoms with E-state index >= 15 is 0 Å². The van der Waals surface area contributed by atoms with Gasteiger partial charge in [0.15, 0.2) is 11.5 Å². The van der Waals surface area contributed by atoms with E-state index in [1.54, 1.807) is 18.2 Å². The minimum atomic E-state index is -0.0995. The molecule has 0 bridgehead atoms. The van der Waals surface area contributed by atoms with E-state index in [1.807, 2.05) is 0 Å². The van der Waals surface area contributed by atoms with E-state index in [0.717, 1.165) is 0 Å². The Kier molecular flexibility index (Phi) is 3.06. The van der Waals surface area contributed by atoms with E-state index in [-0.39, 0.29) is 16.5 Å². The van der Waals surface area contributed by atoms with Crippen LogP contribution in [-0.4, -0.2) is 12.2 Å². The number of methoxy groups -OCH3 is 1. The van der Waals surface area contributed by atoms with Gasteiger partial charge in [-0.2, -0.15) is 0 Å². The monoisotopic (exact) mass is 276 g/mol. The van der Waals surface area contributed by atoms with Crippen molar-refractivity contribution >= 4 is 45.6 Å². The number of ether oxygens (including phenoxy) is 1. The maximum Gasteiger partial charge on any atom is 0.179 e. The van der Waals surface area contributed by atoms with Crippen molar-refractivity contribution in [3.63, 3.8) is 0 Å². The van der Waals surface area contributed by atoms with Crippen molar-refractivity contribution in [2.24, 2.45) is 0 Å². The fraction of sp³-hybridized carbons (Fsp3) is 0.0909. The van der Waals surface area contributed by atoms with Gasteiger partial charge in [0.05, 0.1) is 17.2 Å². The molecule has 0 saturated carbocycles. The van der Waals surface area contributed by atoms with Crippen molar-refractivity contribution in [3.05, 3.63) is 33.3 Å². The van der Waals surface area contributed by atoms with Gasteiger partial charge in [0.2, 0.25) is 0 Å². The predicted molar refractivity (Wildman–Crippen MR) is 67.2 cm³/mol. The van der Waals surface area contributed by atoms with Crippen LogP contribution in [0.1, 0.15) is 0 Å². The summed E-state index contributed by atoms with van der Waals surface area (Å²) in [6, 6.07) is 4.87. The van der Waals surface area contributed by atoms with Crippen molar-refractivity contribution in [1.29, 1.82) is 0 Å². The van der Waals surface area contributed by atoms with Crippen LogP contribution in [-0.2, 0) is 0 Å². The van der Waals surface area contributed by atoms with Crippen LogP contribution in [0.3, 0.4) is 0 Å². The molecule has 0 heterocycles. The zero-order chi connectivity index (χ0) is 11.9. The highest BCUT2D eigenvalue weighted by Crippen LogP contribution is 2.45. The summed E-state index contributed by atoms with van der Waals surface area (Å²) in [5.41, 5.74) is 0. The van der Waals surface area contributed by atoms with E-state index in [9.17, 15) is 5.11 Å². The quantitative estimate of drug-likeness (QED) is 0.831. The number of hydrogen-bond acceptors (Lipinski definition) is 2. The van der Waals surface area contributed by atoms with Gasteiger partial charge in [0.1, 0.15) is 0 Å². The molecule has 2 rings (SSSR count). The average Bonchev–Trinajstić information content (AvgIpc) is 2.24. The Bertz CT molecular complexity index is 567. The largest absolute Gasteiger partial charge is 0.504 e. The number of fused-ring (bicyclic) bond motifs is 1. The van der Waals surface area contributed by atoms with Crippen LogP contribution in [0.15, 0.2) is 18.2 Å². The fourth-order valence-corrected chi connectivity index (χ4v) is 2.30. The molecular formula is C11H7Cl3O2. The third kappa shape index (κ3) is 1.67. The standard InChI is InChI=1S/C11H7Cl3O2/c1-16-11-8(14)4-5-6(12)2-3-7(13)9(5)10(11)15/h2-4,15H,1H3. The van der Waals surface area contributed by atoms with Crippen molar-refractivity contribution in [1.82, 2.24) is 0 Å². The van der Waals surface area contributed by atoms with E-state index in [4.69, 9.17) is 39.5 Å². The molecule has 0 spiro atoms. The van der Waals surface area contributed by atoms with Gasteiger partial charge in [-0.25, -0.2) is 0 Å². The number of rotatable bonds is 1.